The number of hydrogen-bond acceptors (Lipinski definition) is 5. The number of carbonyl (C=O) groups is 3. The maximum atomic E-state index is 10.2. The standard InChI is InChI=1S/C5H6O3.C5H6O2.CH4/c6-4-2-1-3-5(7)8-4;1-4-2-3-5(6)7-4;/h1-3H2;1-3H2;1H4. The van der Waals surface area contributed by atoms with Crippen molar-refractivity contribution in [3.8, 4) is 0 Å². The van der Waals surface area contributed by atoms with Crippen molar-refractivity contribution in [2.24, 2.45) is 0 Å². The van der Waals surface area contributed by atoms with Crippen molar-refractivity contribution < 1.29 is 23.9 Å². The molecule has 2 fully saturated rings. The van der Waals surface area contributed by atoms with Crippen LogP contribution >= 0.6 is 0 Å². The first-order valence-electron chi connectivity index (χ1n) is 4.70. The molecule has 2 saturated heterocycles. The van der Waals surface area contributed by atoms with Gasteiger partial charge in [0.25, 0.3) is 0 Å². The van der Waals surface area contributed by atoms with Crippen LogP contribution in [0.15, 0.2) is 12.3 Å². The van der Waals surface area contributed by atoms with Crippen LogP contribution in [0, 0.1) is 0 Å². The summed E-state index contributed by atoms with van der Waals surface area (Å²) in [7, 11) is 0. The zero-order chi connectivity index (χ0) is 11.3. The SMILES string of the molecule is C.C=C1CCC(=O)O1.O=C1CCCC(=O)O1. The summed E-state index contributed by atoms with van der Waals surface area (Å²) in [4.78, 5) is 30.6. The maximum Gasteiger partial charge on any atom is 0.313 e. The van der Waals surface area contributed by atoms with E-state index in [0.717, 1.165) is 0 Å². The van der Waals surface area contributed by atoms with Crippen molar-refractivity contribution in [1.29, 1.82) is 0 Å². The predicted molar refractivity (Wildman–Crippen MR) is 56.1 cm³/mol. The molecule has 0 unspecified atom stereocenters. The van der Waals surface area contributed by atoms with Gasteiger partial charge in [0.1, 0.15) is 5.76 Å². The van der Waals surface area contributed by atoms with Crippen LogP contribution in [-0.2, 0) is 23.9 Å². The summed E-state index contributed by atoms with van der Waals surface area (Å²) in [6.07, 6.45) is 2.66. The molecular weight excluding hydrogens is 212 g/mol. The second kappa shape index (κ2) is 6.76. The molecule has 0 spiro atoms. The lowest BCUT2D eigenvalue weighted by Crippen LogP contribution is -2.17. The van der Waals surface area contributed by atoms with Crippen molar-refractivity contribution >= 4 is 17.9 Å². The number of cyclic esters (lactones) is 3. The number of carbonyl (C=O) groups excluding carboxylic acids is 3. The molecule has 2 rings (SSSR count). The minimum Gasteiger partial charge on any atom is -0.432 e. The van der Waals surface area contributed by atoms with E-state index in [1.54, 1.807) is 0 Å². The Balaban J connectivity index is 0.000000267. The van der Waals surface area contributed by atoms with E-state index in [4.69, 9.17) is 0 Å². The molecule has 2 heterocycles. The van der Waals surface area contributed by atoms with Crippen LogP contribution in [0.4, 0.5) is 0 Å². The van der Waals surface area contributed by atoms with E-state index in [0.29, 0.717) is 37.9 Å². The van der Waals surface area contributed by atoms with Crippen LogP contribution in [0.2, 0.25) is 0 Å². The van der Waals surface area contributed by atoms with E-state index in [1.807, 2.05) is 0 Å². The number of allylic oxidation sites excluding steroid dienone is 1. The van der Waals surface area contributed by atoms with E-state index in [-0.39, 0.29) is 25.3 Å². The van der Waals surface area contributed by atoms with Crippen LogP contribution in [0.3, 0.4) is 0 Å². The first-order valence-corrected chi connectivity index (χ1v) is 4.70. The lowest BCUT2D eigenvalue weighted by atomic mass is 10.2. The molecule has 2 aliphatic rings. The summed E-state index contributed by atoms with van der Waals surface area (Å²) < 4.78 is 8.74. The summed E-state index contributed by atoms with van der Waals surface area (Å²) in [5.41, 5.74) is 0. The van der Waals surface area contributed by atoms with Crippen LogP contribution in [0.1, 0.15) is 39.5 Å². The molecule has 0 radical (unpaired) electrons. The highest BCUT2D eigenvalue weighted by Crippen LogP contribution is 2.13. The Morgan fingerprint density at radius 3 is 1.50 bits per heavy atom. The van der Waals surface area contributed by atoms with Gasteiger partial charge in [-0.15, -0.1) is 0 Å². The van der Waals surface area contributed by atoms with Gasteiger partial charge in [0.05, 0.1) is 6.42 Å². The molecule has 0 atom stereocenters. The summed E-state index contributed by atoms with van der Waals surface area (Å²) in [5.74, 6) is -0.322. The molecule has 0 bridgehead atoms. The average Bonchev–Trinajstić information content (AvgIpc) is 2.50. The van der Waals surface area contributed by atoms with Crippen LogP contribution in [-0.4, -0.2) is 17.9 Å². The topological polar surface area (TPSA) is 69.7 Å². The average molecular weight is 228 g/mol. The van der Waals surface area contributed by atoms with Crippen molar-refractivity contribution in [2.45, 2.75) is 39.5 Å². The zero-order valence-electron chi connectivity index (χ0n) is 8.28. The van der Waals surface area contributed by atoms with Crippen molar-refractivity contribution in [2.75, 3.05) is 0 Å². The fraction of sp³-hybridized carbons (Fsp3) is 0.545. The molecule has 90 valence electrons. The Labute approximate surface area is 94.4 Å². The van der Waals surface area contributed by atoms with Gasteiger partial charge in [-0.25, -0.2) is 0 Å². The highest BCUT2D eigenvalue weighted by molar-refractivity contribution is 5.87. The van der Waals surface area contributed by atoms with E-state index in [2.05, 4.69) is 16.1 Å². The Kier molecular flexibility index (Phi) is 6.07. The van der Waals surface area contributed by atoms with Crippen molar-refractivity contribution in [3.63, 3.8) is 0 Å². The van der Waals surface area contributed by atoms with Crippen LogP contribution < -0.4 is 0 Å². The van der Waals surface area contributed by atoms with Gasteiger partial charge in [0.2, 0.25) is 0 Å². The highest BCUT2D eigenvalue weighted by Gasteiger charge is 2.16. The fourth-order valence-corrected chi connectivity index (χ4v) is 1.11. The Morgan fingerprint density at radius 1 is 0.812 bits per heavy atom. The monoisotopic (exact) mass is 228 g/mol. The summed E-state index contributed by atoms with van der Waals surface area (Å²) in [5, 5.41) is 0. The van der Waals surface area contributed by atoms with E-state index < -0.39 is 0 Å². The van der Waals surface area contributed by atoms with Gasteiger partial charge < -0.3 is 9.47 Å². The lowest BCUT2D eigenvalue weighted by molar-refractivity contribution is -0.163. The Morgan fingerprint density at radius 2 is 1.31 bits per heavy atom. The molecule has 0 aromatic heterocycles. The maximum absolute atomic E-state index is 10.2. The van der Waals surface area contributed by atoms with Gasteiger partial charge in [-0.3, -0.25) is 14.4 Å². The number of ether oxygens (including phenoxy) is 2. The van der Waals surface area contributed by atoms with Gasteiger partial charge in [0.15, 0.2) is 0 Å². The molecule has 0 aromatic rings. The predicted octanol–water partition coefficient (Wildman–Crippen LogP) is 1.71. The third-order valence-electron chi connectivity index (χ3n) is 1.86. The summed E-state index contributed by atoms with van der Waals surface area (Å²) in [6.45, 7) is 3.46. The minimum absolute atomic E-state index is 0. The van der Waals surface area contributed by atoms with Crippen molar-refractivity contribution in [3.05, 3.63) is 12.3 Å². The van der Waals surface area contributed by atoms with Crippen LogP contribution in [0.5, 0.6) is 0 Å². The molecule has 5 heteroatoms. The molecule has 0 saturated carbocycles. The first kappa shape index (κ1) is 14.3. The second-order valence-corrected chi connectivity index (χ2v) is 3.21. The summed E-state index contributed by atoms with van der Waals surface area (Å²) >= 11 is 0. The lowest BCUT2D eigenvalue weighted by Gasteiger charge is -2.06. The van der Waals surface area contributed by atoms with Gasteiger partial charge in [0, 0.05) is 19.3 Å². The van der Waals surface area contributed by atoms with E-state index in [9.17, 15) is 14.4 Å². The van der Waals surface area contributed by atoms with Gasteiger partial charge >= 0.3 is 17.9 Å². The third kappa shape index (κ3) is 5.29. The molecule has 16 heavy (non-hydrogen) atoms. The van der Waals surface area contributed by atoms with Crippen molar-refractivity contribution in [1.82, 2.24) is 0 Å². The summed E-state index contributed by atoms with van der Waals surface area (Å²) in [6, 6.07) is 0. The van der Waals surface area contributed by atoms with Gasteiger partial charge in [-0.05, 0) is 6.42 Å². The largest absolute Gasteiger partial charge is 0.432 e. The number of esters is 3. The molecule has 2 aliphatic heterocycles. The second-order valence-electron chi connectivity index (χ2n) is 3.21. The molecule has 0 amide bonds. The van der Waals surface area contributed by atoms with Crippen LogP contribution in [0.25, 0.3) is 0 Å². The third-order valence-corrected chi connectivity index (χ3v) is 1.86. The van der Waals surface area contributed by atoms with E-state index in [1.165, 1.54) is 0 Å². The molecule has 0 N–H and O–H groups in total. The highest BCUT2D eigenvalue weighted by atomic mass is 16.6. The quantitative estimate of drug-likeness (QED) is 0.466. The molecule has 0 aliphatic carbocycles. The fourth-order valence-electron chi connectivity index (χ4n) is 1.11. The zero-order valence-corrected chi connectivity index (χ0v) is 8.28. The Bertz CT molecular complexity index is 277. The molecule has 5 nitrogen and oxygen atoms in total. The minimum atomic E-state index is -0.388. The number of rotatable bonds is 0. The molecular formula is C11H16O5. The normalized spacial score (nSPS) is 19.0. The van der Waals surface area contributed by atoms with Gasteiger partial charge in [-0.1, -0.05) is 14.0 Å². The smallest absolute Gasteiger partial charge is 0.313 e. The van der Waals surface area contributed by atoms with Gasteiger partial charge in [-0.2, -0.15) is 0 Å². The number of hydrogen-bond donors (Lipinski definition) is 0. The molecule has 0 aromatic carbocycles. The Hall–Kier alpha value is -1.65. The first-order chi connectivity index (χ1) is 7.08. The van der Waals surface area contributed by atoms with E-state index >= 15 is 0 Å².